The van der Waals surface area contributed by atoms with Crippen LogP contribution in [0.4, 0.5) is 5.69 Å². The van der Waals surface area contributed by atoms with Gasteiger partial charge in [0.05, 0.1) is 23.4 Å². The van der Waals surface area contributed by atoms with Crippen molar-refractivity contribution in [1.82, 2.24) is 0 Å². The van der Waals surface area contributed by atoms with E-state index in [1.54, 1.807) is 0 Å². The van der Waals surface area contributed by atoms with E-state index < -0.39 is 23.7 Å². The van der Waals surface area contributed by atoms with Gasteiger partial charge in [-0.2, -0.15) is 0 Å². The van der Waals surface area contributed by atoms with Gasteiger partial charge in [-0.25, -0.2) is 4.90 Å². The quantitative estimate of drug-likeness (QED) is 0.193. The summed E-state index contributed by atoms with van der Waals surface area (Å²) in [5.74, 6) is -3.33. The third kappa shape index (κ3) is 3.14. The van der Waals surface area contributed by atoms with Gasteiger partial charge < -0.3 is 4.74 Å². The Kier molecular flexibility index (Phi) is 4.92. The summed E-state index contributed by atoms with van der Waals surface area (Å²) < 4.78 is 5.97. The Morgan fingerprint density at radius 1 is 0.763 bits per heavy atom. The lowest BCUT2D eigenvalue weighted by molar-refractivity contribution is -0.142. The average molecular weight is 500 g/mol. The highest BCUT2D eigenvalue weighted by Crippen LogP contribution is 2.55. The van der Waals surface area contributed by atoms with Crippen molar-refractivity contribution < 1.29 is 19.1 Å². The number of benzene rings is 4. The van der Waals surface area contributed by atoms with Gasteiger partial charge in [0, 0.05) is 16.9 Å². The lowest BCUT2D eigenvalue weighted by atomic mass is 9.64. The molecule has 2 heterocycles. The molecule has 5 heteroatoms. The zero-order valence-electron chi connectivity index (χ0n) is 21.0. The molecule has 1 fully saturated rings. The Morgan fingerprint density at radius 3 is 2.32 bits per heavy atom. The van der Waals surface area contributed by atoms with Crippen LogP contribution in [0.15, 0.2) is 91.0 Å². The van der Waals surface area contributed by atoms with E-state index in [0.29, 0.717) is 11.4 Å². The zero-order chi connectivity index (χ0) is 26.1. The minimum atomic E-state index is -0.847. The Hall–Kier alpha value is -4.51. The Labute approximate surface area is 220 Å². The number of carbonyl (C=O) groups is 3. The first-order valence-corrected chi connectivity index (χ1v) is 12.9. The zero-order valence-corrected chi connectivity index (χ0v) is 21.0. The molecular weight excluding hydrogens is 474 g/mol. The van der Waals surface area contributed by atoms with Crippen molar-refractivity contribution in [2.45, 2.75) is 19.8 Å². The number of hydrogen-bond donors (Lipinski definition) is 0. The molecule has 5 nitrogen and oxygen atoms in total. The molecule has 0 aromatic heterocycles. The topological polar surface area (TPSA) is 63.7 Å². The highest BCUT2D eigenvalue weighted by molar-refractivity contribution is 6.25. The molecule has 38 heavy (non-hydrogen) atoms. The Balaban J connectivity index is 1.45. The fourth-order valence-corrected chi connectivity index (χ4v) is 6.49. The van der Waals surface area contributed by atoms with E-state index in [1.165, 1.54) is 4.90 Å². The van der Waals surface area contributed by atoms with E-state index in [0.717, 1.165) is 38.6 Å². The van der Waals surface area contributed by atoms with Gasteiger partial charge in [0.25, 0.3) is 0 Å². The van der Waals surface area contributed by atoms with Crippen molar-refractivity contribution in [3.8, 4) is 5.75 Å². The summed E-state index contributed by atoms with van der Waals surface area (Å²) >= 11 is 0. The second-order valence-electron chi connectivity index (χ2n) is 10.5. The number of hydrogen-bond acceptors (Lipinski definition) is 4. The molecule has 2 aliphatic heterocycles. The summed E-state index contributed by atoms with van der Waals surface area (Å²) in [6.07, 6.45) is 2.03. The molecule has 4 atom stereocenters. The van der Waals surface area contributed by atoms with Crippen LogP contribution in [0.2, 0.25) is 0 Å². The molecule has 186 valence electrons. The molecule has 0 unspecified atom stereocenters. The Bertz CT molecular complexity index is 1700. The number of aryl methyl sites for hydroxylation is 2. The molecule has 4 aromatic carbocycles. The maximum Gasteiger partial charge on any atom is 0.319 e. The van der Waals surface area contributed by atoms with E-state index in [4.69, 9.17) is 4.74 Å². The molecule has 7 rings (SSSR count). The molecule has 2 amide bonds. The predicted molar refractivity (Wildman–Crippen MR) is 146 cm³/mol. The number of ether oxygens (including phenoxy) is 1. The van der Waals surface area contributed by atoms with Crippen molar-refractivity contribution in [3.05, 3.63) is 113 Å². The van der Waals surface area contributed by atoms with Gasteiger partial charge in [-0.15, -0.1) is 0 Å². The summed E-state index contributed by atoms with van der Waals surface area (Å²) in [5, 5.41) is 1.82. The van der Waals surface area contributed by atoms with Crippen LogP contribution < -0.4 is 9.64 Å². The first-order chi connectivity index (χ1) is 18.4. The lowest BCUT2D eigenvalue weighted by Crippen LogP contribution is -2.42. The van der Waals surface area contributed by atoms with Crippen LogP contribution in [0.25, 0.3) is 16.3 Å². The smallest absolute Gasteiger partial charge is 0.319 e. The summed E-state index contributed by atoms with van der Waals surface area (Å²) in [5.41, 5.74) is 4.89. The fourth-order valence-electron chi connectivity index (χ4n) is 6.49. The van der Waals surface area contributed by atoms with Gasteiger partial charge in [0.2, 0.25) is 11.8 Å². The molecule has 1 aliphatic carbocycles. The average Bonchev–Trinajstić information content (AvgIpc) is 3.19. The van der Waals surface area contributed by atoms with Crippen LogP contribution >= 0.6 is 0 Å². The highest BCUT2D eigenvalue weighted by atomic mass is 16.5. The molecule has 0 radical (unpaired) electrons. The Morgan fingerprint density at radius 2 is 1.50 bits per heavy atom. The third-order valence-electron chi connectivity index (χ3n) is 8.28. The number of carbonyl (C=O) groups excluding carboxylic acids is 3. The van der Waals surface area contributed by atoms with Crippen molar-refractivity contribution in [1.29, 1.82) is 0 Å². The van der Waals surface area contributed by atoms with Crippen molar-refractivity contribution in [2.24, 2.45) is 17.8 Å². The van der Waals surface area contributed by atoms with E-state index in [9.17, 15) is 14.4 Å². The molecule has 1 saturated heterocycles. The molecule has 0 spiro atoms. The van der Waals surface area contributed by atoms with E-state index in [1.807, 2.05) is 105 Å². The summed E-state index contributed by atoms with van der Waals surface area (Å²) in [7, 11) is 0. The fraction of sp³-hybridized carbons (Fsp3) is 0.182. The van der Waals surface area contributed by atoms with Crippen molar-refractivity contribution in [3.63, 3.8) is 0 Å². The minimum Gasteiger partial charge on any atom is -0.425 e. The maximum absolute atomic E-state index is 14.2. The van der Waals surface area contributed by atoms with Crippen LogP contribution in [0.1, 0.15) is 28.2 Å². The van der Waals surface area contributed by atoms with E-state index in [-0.39, 0.29) is 17.7 Å². The molecule has 3 aliphatic rings. The predicted octanol–water partition coefficient (Wildman–Crippen LogP) is 5.98. The minimum absolute atomic E-state index is 0.269. The van der Waals surface area contributed by atoms with Crippen LogP contribution in [-0.4, -0.2) is 17.8 Å². The van der Waals surface area contributed by atoms with Gasteiger partial charge in [0.15, 0.2) is 0 Å². The SMILES string of the molecule is Cc1ccc(C)c(N2C(=O)[C@@H]3[C@@H]4C(=O)Oc5c(ccc6ccccc56)C4=C[C@H](c4ccccc4)[C@@H]3C2=O)c1. The highest BCUT2D eigenvalue weighted by Gasteiger charge is 2.60. The standard InChI is InChI=1S/C33H25NO4/c1-18-12-13-19(2)26(16-18)34-31(35)27-24(20-8-4-3-5-9-20)17-25-23-15-14-21-10-6-7-11-22(21)30(23)38-33(37)28(25)29(27)32(34)36/h3-17,24,27-29H,1-2H3/t24-,27+,28-,29+/m1/s1. The van der Waals surface area contributed by atoms with Gasteiger partial charge in [-0.1, -0.05) is 84.9 Å². The molecule has 0 N–H and O–H groups in total. The summed E-state index contributed by atoms with van der Waals surface area (Å²) in [6.45, 7) is 3.83. The number of fused-ring (bicyclic) bond motifs is 7. The van der Waals surface area contributed by atoms with E-state index in [2.05, 4.69) is 0 Å². The molecular formula is C33H25NO4. The lowest BCUT2D eigenvalue weighted by Gasteiger charge is -2.38. The number of esters is 1. The number of anilines is 1. The maximum atomic E-state index is 14.2. The van der Waals surface area contributed by atoms with Crippen molar-refractivity contribution in [2.75, 3.05) is 4.90 Å². The van der Waals surface area contributed by atoms with Crippen LogP contribution in [0.5, 0.6) is 5.75 Å². The van der Waals surface area contributed by atoms with Crippen LogP contribution in [0, 0.1) is 31.6 Å². The number of amides is 2. The van der Waals surface area contributed by atoms with Gasteiger partial charge in [-0.3, -0.25) is 14.4 Å². The number of nitrogens with zero attached hydrogens (tertiary/aromatic N) is 1. The molecule has 0 bridgehead atoms. The number of rotatable bonds is 2. The number of imide groups is 1. The van der Waals surface area contributed by atoms with Crippen LogP contribution in [-0.2, 0) is 14.4 Å². The van der Waals surface area contributed by atoms with Gasteiger partial charge in [0.1, 0.15) is 5.75 Å². The molecule has 4 aromatic rings. The first kappa shape index (κ1) is 22.7. The van der Waals surface area contributed by atoms with Crippen molar-refractivity contribution >= 4 is 39.8 Å². The molecule has 0 saturated carbocycles. The monoisotopic (exact) mass is 499 g/mol. The second kappa shape index (κ2) is 8.25. The van der Waals surface area contributed by atoms with Gasteiger partial charge in [-0.05, 0) is 47.6 Å². The third-order valence-corrected chi connectivity index (χ3v) is 8.28. The summed E-state index contributed by atoms with van der Waals surface area (Å²) in [4.78, 5) is 43.3. The second-order valence-corrected chi connectivity index (χ2v) is 10.5. The van der Waals surface area contributed by atoms with E-state index >= 15 is 0 Å². The normalized spacial score (nSPS) is 24.0. The largest absolute Gasteiger partial charge is 0.425 e. The van der Waals surface area contributed by atoms with Crippen LogP contribution in [0.3, 0.4) is 0 Å². The summed E-state index contributed by atoms with van der Waals surface area (Å²) in [6, 6.07) is 27.3. The van der Waals surface area contributed by atoms with Gasteiger partial charge >= 0.3 is 5.97 Å². The number of allylic oxidation sites excluding steroid dienone is 1. The first-order valence-electron chi connectivity index (χ1n) is 12.9.